The van der Waals surface area contributed by atoms with Gasteiger partial charge >= 0.3 is 0 Å². The van der Waals surface area contributed by atoms with Gasteiger partial charge in [0.2, 0.25) is 0 Å². The van der Waals surface area contributed by atoms with E-state index in [2.05, 4.69) is 20.4 Å². The fraction of sp³-hybridized carbons (Fsp3) is 0.200. The fourth-order valence-corrected chi connectivity index (χ4v) is 1.66. The Morgan fingerprint density at radius 3 is 2.74 bits per heavy atom. The van der Waals surface area contributed by atoms with Gasteiger partial charge < -0.3 is 14.6 Å². The van der Waals surface area contributed by atoms with Crippen LogP contribution in [0.2, 0.25) is 10.3 Å². The molecule has 0 aliphatic heterocycles. The first kappa shape index (κ1) is 13.7. The van der Waals surface area contributed by atoms with Crippen LogP contribution in [-0.2, 0) is 11.3 Å². The van der Waals surface area contributed by atoms with Gasteiger partial charge in [0.05, 0.1) is 0 Å². The van der Waals surface area contributed by atoms with Crippen molar-refractivity contribution >= 4 is 34.8 Å². The lowest BCUT2D eigenvalue weighted by Crippen LogP contribution is -2.13. The normalized spacial score (nSPS) is 10.5. The highest BCUT2D eigenvalue weighted by Crippen LogP contribution is 2.26. The summed E-state index contributed by atoms with van der Waals surface area (Å²) >= 11 is 11.6. The van der Waals surface area contributed by atoms with Gasteiger partial charge in [-0.05, 0) is 0 Å². The number of amides is 1. The second-order valence-electron chi connectivity index (χ2n) is 3.40. The van der Waals surface area contributed by atoms with Crippen molar-refractivity contribution in [3.63, 3.8) is 0 Å². The van der Waals surface area contributed by atoms with E-state index in [4.69, 9.17) is 32.5 Å². The molecule has 2 rings (SSSR count). The SMILES string of the molecule is COCc1cc(C(=O)Nc2c(Cl)ncnc2Cl)no1. The van der Waals surface area contributed by atoms with Crippen LogP contribution < -0.4 is 5.32 Å². The molecule has 2 heterocycles. The highest BCUT2D eigenvalue weighted by atomic mass is 35.5. The van der Waals surface area contributed by atoms with Gasteiger partial charge in [-0.2, -0.15) is 0 Å². The van der Waals surface area contributed by atoms with Gasteiger partial charge in [-0.1, -0.05) is 28.4 Å². The number of anilines is 1. The monoisotopic (exact) mass is 302 g/mol. The molecule has 0 saturated heterocycles. The molecule has 0 radical (unpaired) electrons. The summed E-state index contributed by atoms with van der Waals surface area (Å²) in [4.78, 5) is 19.3. The first-order valence-electron chi connectivity index (χ1n) is 5.03. The van der Waals surface area contributed by atoms with Crippen molar-refractivity contribution in [3.8, 4) is 0 Å². The summed E-state index contributed by atoms with van der Waals surface area (Å²) < 4.78 is 9.74. The van der Waals surface area contributed by atoms with E-state index in [0.29, 0.717) is 5.76 Å². The molecular weight excluding hydrogens is 295 g/mol. The molecule has 0 unspecified atom stereocenters. The topological polar surface area (TPSA) is 90.1 Å². The molecule has 0 atom stereocenters. The molecule has 0 saturated carbocycles. The van der Waals surface area contributed by atoms with Crippen LogP contribution in [0.5, 0.6) is 0 Å². The Balaban J connectivity index is 2.16. The lowest BCUT2D eigenvalue weighted by Gasteiger charge is -2.05. The standard InChI is InChI=1S/C10H8Cl2N4O3/c1-18-3-5-2-6(16-19-5)10(17)15-7-8(11)13-4-14-9(7)12/h2,4H,3H2,1H3,(H,15,17). The van der Waals surface area contributed by atoms with Gasteiger partial charge in [0.1, 0.15) is 18.6 Å². The summed E-state index contributed by atoms with van der Waals surface area (Å²) in [5, 5.41) is 6.13. The average molecular weight is 303 g/mol. The van der Waals surface area contributed by atoms with Crippen molar-refractivity contribution in [1.82, 2.24) is 15.1 Å². The van der Waals surface area contributed by atoms with Crippen LogP contribution in [0.4, 0.5) is 5.69 Å². The second kappa shape index (κ2) is 5.96. The Morgan fingerprint density at radius 2 is 2.11 bits per heavy atom. The Bertz CT molecular complexity index is 582. The highest BCUT2D eigenvalue weighted by molar-refractivity contribution is 6.38. The number of rotatable bonds is 4. The van der Waals surface area contributed by atoms with Crippen LogP contribution in [0, 0.1) is 0 Å². The zero-order valence-corrected chi connectivity index (χ0v) is 11.2. The maximum Gasteiger partial charge on any atom is 0.278 e. The molecule has 1 amide bonds. The molecular formula is C10H8Cl2N4O3. The number of nitrogens with one attached hydrogen (secondary N) is 1. The van der Waals surface area contributed by atoms with E-state index in [1.165, 1.54) is 19.5 Å². The quantitative estimate of drug-likeness (QED) is 0.871. The average Bonchev–Trinajstić information content (AvgIpc) is 2.83. The van der Waals surface area contributed by atoms with Gasteiger partial charge in [0.15, 0.2) is 21.8 Å². The Morgan fingerprint density at radius 1 is 1.42 bits per heavy atom. The van der Waals surface area contributed by atoms with Gasteiger partial charge in [-0.3, -0.25) is 4.79 Å². The number of hydrogen-bond donors (Lipinski definition) is 1. The zero-order valence-electron chi connectivity index (χ0n) is 9.68. The molecule has 2 aromatic heterocycles. The number of carbonyl (C=O) groups excluding carboxylic acids is 1. The molecule has 0 aromatic carbocycles. The molecule has 9 heteroatoms. The summed E-state index contributed by atoms with van der Waals surface area (Å²) in [6.07, 6.45) is 1.19. The van der Waals surface area contributed by atoms with E-state index in [0.717, 1.165) is 0 Å². The van der Waals surface area contributed by atoms with Crippen LogP contribution in [0.15, 0.2) is 16.9 Å². The Labute approximate surface area is 117 Å². The minimum Gasteiger partial charge on any atom is -0.377 e. The predicted molar refractivity (Wildman–Crippen MR) is 67.2 cm³/mol. The van der Waals surface area contributed by atoms with Crippen molar-refractivity contribution in [2.45, 2.75) is 6.61 Å². The van der Waals surface area contributed by atoms with Gasteiger partial charge in [0.25, 0.3) is 5.91 Å². The molecule has 7 nitrogen and oxygen atoms in total. The first-order chi connectivity index (χ1) is 9.11. The summed E-state index contributed by atoms with van der Waals surface area (Å²) in [5.74, 6) is -0.112. The van der Waals surface area contributed by atoms with E-state index >= 15 is 0 Å². The fourth-order valence-electron chi connectivity index (χ4n) is 1.26. The molecule has 1 N–H and O–H groups in total. The van der Waals surface area contributed by atoms with E-state index in [1.54, 1.807) is 0 Å². The van der Waals surface area contributed by atoms with Gasteiger partial charge in [-0.15, -0.1) is 0 Å². The molecule has 0 spiro atoms. The summed E-state index contributed by atoms with van der Waals surface area (Å²) in [7, 11) is 1.50. The Hall–Kier alpha value is -1.70. The predicted octanol–water partition coefficient (Wildman–Crippen LogP) is 2.17. The third kappa shape index (κ3) is 3.19. The number of hydrogen-bond acceptors (Lipinski definition) is 6. The maximum atomic E-state index is 11.9. The molecule has 0 aliphatic rings. The van der Waals surface area contributed by atoms with Crippen molar-refractivity contribution < 1.29 is 14.1 Å². The smallest absolute Gasteiger partial charge is 0.278 e. The van der Waals surface area contributed by atoms with E-state index in [9.17, 15) is 4.79 Å². The molecule has 0 bridgehead atoms. The largest absolute Gasteiger partial charge is 0.377 e. The number of nitrogens with zero attached hydrogens (tertiary/aromatic N) is 3. The van der Waals surface area contributed by atoms with Gasteiger partial charge in [0, 0.05) is 13.2 Å². The summed E-state index contributed by atoms with van der Waals surface area (Å²) in [6.45, 7) is 0.218. The van der Waals surface area contributed by atoms with Crippen LogP contribution >= 0.6 is 23.2 Å². The summed E-state index contributed by atoms with van der Waals surface area (Å²) in [6, 6.07) is 1.45. The maximum absolute atomic E-state index is 11.9. The van der Waals surface area contributed by atoms with Gasteiger partial charge in [-0.25, -0.2) is 9.97 Å². The number of halogens is 2. The minimum atomic E-state index is -0.537. The van der Waals surface area contributed by atoms with Crippen LogP contribution in [0.25, 0.3) is 0 Å². The molecule has 0 aliphatic carbocycles. The van der Waals surface area contributed by atoms with Crippen molar-refractivity contribution in [3.05, 3.63) is 34.2 Å². The summed E-state index contributed by atoms with van der Waals surface area (Å²) in [5.41, 5.74) is 0.190. The van der Waals surface area contributed by atoms with Crippen molar-refractivity contribution in [1.29, 1.82) is 0 Å². The van der Waals surface area contributed by atoms with Crippen molar-refractivity contribution in [2.24, 2.45) is 0 Å². The number of ether oxygens (including phenoxy) is 1. The van der Waals surface area contributed by atoms with Crippen LogP contribution in [0.3, 0.4) is 0 Å². The molecule has 0 fully saturated rings. The molecule has 19 heavy (non-hydrogen) atoms. The molecule has 100 valence electrons. The lowest BCUT2D eigenvalue weighted by molar-refractivity contribution is 0.101. The minimum absolute atomic E-state index is 0.0361. The van der Waals surface area contributed by atoms with Crippen molar-refractivity contribution in [2.75, 3.05) is 12.4 Å². The van der Waals surface area contributed by atoms with E-state index in [-0.39, 0.29) is 28.3 Å². The second-order valence-corrected chi connectivity index (χ2v) is 4.11. The molecule has 2 aromatic rings. The Kier molecular flexibility index (Phi) is 4.31. The van der Waals surface area contributed by atoms with E-state index in [1.807, 2.05) is 0 Å². The zero-order chi connectivity index (χ0) is 13.8. The lowest BCUT2D eigenvalue weighted by atomic mass is 10.3. The first-order valence-corrected chi connectivity index (χ1v) is 5.79. The third-order valence-electron chi connectivity index (χ3n) is 2.07. The number of carbonyl (C=O) groups is 1. The van der Waals surface area contributed by atoms with Crippen LogP contribution in [0.1, 0.15) is 16.2 Å². The number of methoxy groups -OCH3 is 1. The highest BCUT2D eigenvalue weighted by Gasteiger charge is 2.16. The third-order valence-corrected chi connectivity index (χ3v) is 2.64. The van der Waals surface area contributed by atoms with E-state index < -0.39 is 5.91 Å². The number of aromatic nitrogens is 3. The van der Waals surface area contributed by atoms with Crippen LogP contribution in [-0.4, -0.2) is 28.1 Å².